The minimum atomic E-state index is 0.375. The highest BCUT2D eigenvalue weighted by Crippen LogP contribution is 2.19. The highest BCUT2D eigenvalue weighted by molar-refractivity contribution is 5.63. The number of aryl methyl sites for hydroxylation is 1. The molecule has 0 aliphatic carbocycles. The van der Waals surface area contributed by atoms with Crippen molar-refractivity contribution in [1.82, 2.24) is 0 Å². The van der Waals surface area contributed by atoms with Crippen LogP contribution < -0.4 is 0 Å². The number of ether oxygens (including phenoxy) is 1. The maximum absolute atomic E-state index is 8.95. The van der Waals surface area contributed by atoms with Gasteiger partial charge in [0.15, 0.2) is 0 Å². The van der Waals surface area contributed by atoms with E-state index in [2.05, 4.69) is 66.3 Å². The maximum Gasteiger partial charge on any atom is 0.292 e. The largest absolute Gasteiger partial charge is 0.471 e. The van der Waals surface area contributed by atoms with Gasteiger partial charge in [-0.05, 0) is 23.1 Å². The zero-order chi connectivity index (χ0) is 13.9. The van der Waals surface area contributed by atoms with Gasteiger partial charge in [0.1, 0.15) is 0 Å². The normalized spacial score (nSPS) is 9.16. The Morgan fingerprint density at radius 3 is 1.95 bits per heavy atom. The SMILES string of the molecule is CCCc1ccc(-c2ccccc2)cc1.COC=O. The molecule has 0 N–H and O–H groups in total. The number of methoxy groups -OCH3 is 1. The number of hydrogen-bond donors (Lipinski definition) is 0. The molecule has 2 aromatic rings. The Balaban J connectivity index is 0.000000399. The second kappa shape index (κ2) is 8.92. The molecular weight excluding hydrogens is 236 g/mol. The van der Waals surface area contributed by atoms with E-state index in [1.165, 1.54) is 36.6 Å². The Bertz CT molecular complexity index is 460. The molecule has 0 heterocycles. The van der Waals surface area contributed by atoms with E-state index in [-0.39, 0.29) is 0 Å². The van der Waals surface area contributed by atoms with Crippen LogP contribution in [0.25, 0.3) is 11.1 Å². The highest BCUT2D eigenvalue weighted by Gasteiger charge is 1.96. The molecule has 0 aromatic heterocycles. The molecule has 0 atom stereocenters. The molecule has 0 bridgehead atoms. The summed E-state index contributed by atoms with van der Waals surface area (Å²) in [6.07, 6.45) is 2.39. The first-order valence-corrected chi connectivity index (χ1v) is 6.42. The lowest BCUT2D eigenvalue weighted by molar-refractivity contribution is -0.126. The lowest BCUT2D eigenvalue weighted by Gasteiger charge is -2.03. The first kappa shape index (κ1) is 15.0. The minimum absolute atomic E-state index is 0.375. The predicted molar refractivity (Wildman–Crippen MR) is 78.9 cm³/mol. The molecule has 2 aromatic carbocycles. The van der Waals surface area contributed by atoms with Gasteiger partial charge in [0, 0.05) is 0 Å². The summed E-state index contributed by atoms with van der Waals surface area (Å²) in [5, 5.41) is 0. The first-order valence-electron chi connectivity index (χ1n) is 6.42. The van der Waals surface area contributed by atoms with Crippen LogP contribution in [0.1, 0.15) is 18.9 Å². The van der Waals surface area contributed by atoms with Crippen molar-refractivity contribution in [2.45, 2.75) is 19.8 Å². The summed E-state index contributed by atoms with van der Waals surface area (Å²) < 4.78 is 3.86. The number of rotatable bonds is 4. The van der Waals surface area contributed by atoms with Crippen molar-refractivity contribution < 1.29 is 9.53 Å². The van der Waals surface area contributed by atoms with Crippen molar-refractivity contribution >= 4 is 6.47 Å². The van der Waals surface area contributed by atoms with Crippen LogP contribution in [0.3, 0.4) is 0 Å². The number of benzene rings is 2. The molecule has 0 fully saturated rings. The lowest BCUT2D eigenvalue weighted by Crippen LogP contribution is -1.83. The summed E-state index contributed by atoms with van der Waals surface area (Å²) in [4.78, 5) is 8.95. The van der Waals surface area contributed by atoms with Gasteiger partial charge in [-0.3, -0.25) is 4.79 Å². The Hall–Kier alpha value is -2.09. The van der Waals surface area contributed by atoms with Crippen LogP contribution in [-0.2, 0) is 16.0 Å². The van der Waals surface area contributed by atoms with Crippen LogP contribution in [0.2, 0.25) is 0 Å². The molecule has 100 valence electrons. The van der Waals surface area contributed by atoms with E-state index >= 15 is 0 Å². The molecule has 0 radical (unpaired) electrons. The molecule has 0 spiro atoms. The first-order chi connectivity index (χ1) is 9.31. The van der Waals surface area contributed by atoms with Gasteiger partial charge in [0.05, 0.1) is 7.11 Å². The third-order valence-corrected chi connectivity index (χ3v) is 2.70. The van der Waals surface area contributed by atoms with Crippen molar-refractivity contribution in [2.75, 3.05) is 7.11 Å². The Labute approximate surface area is 115 Å². The average molecular weight is 256 g/mol. The predicted octanol–water partition coefficient (Wildman–Crippen LogP) is 4.10. The molecule has 0 saturated heterocycles. The van der Waals surface area contributed by atoms with Gasteiger partial charge in [-0.1, -0.05) is 67.9 Å². The van der Waals surface area contributed by atoms with Crippen molar-refractivity contribution in [1.29, 1.82) is 0 Å². The van der Waals surface area contributed by atoms with E-state index in [0.29, 0.717) is 6.47 Å². The molecule has 0 unspecified atom stereocenters. The minimum Gasteiger partial charge on any atom is -0.471 e. The summed E-state index contributed by atoms with van der Waals surface area (Å²) in [6.45, 7) is 2.59. The van der Waals surface area contributed by atoms with Gasteiger partial charge < -0.3 is 4.74 Å². The smallest absolute Gasteiger partial charge is 0.292 e. The third-order valence-electron chi connectivity index (χ3n) is 2.70. The van der Waals surface area contributed by atoms with Crippen LogP contribution in [0.5, 0.6) is 0 Å². The molecule has 0 saturated carbocycles. The summed E-state index contributed by atoms with van der Waals surface area (Å²) >= 11 is 0. The summed E-state index contributed by atoms with van der Waals surface area (Å²) in [6, 6.07) is 19.4. The Morgan fingerprint density at radius 1 is 0.947 bits per heavy atom. The summed E-state index contributed by atoms with van der Waals surface area (Å²) in [7, 11) is 1.31. The molecule has 2 nitrogen and oxygen atoms in total. The van der Waals surface area contributed by atoms with Gasteiger partial charge in [0.2, 0.25) is 0 Å². The monoisotopic (exact) mass is 256 g/mol. The number of carbonyl (C=O) groups is 1. The van der Waals surface area contributed by atoms with Crippen molar-refractivity contribution in [2.24, 2.45) is 0 Å². The van der Waals surface area contributed by atoms with Gasteiger partial charge in [-0.2, -0.15) is 0 Å². The van der Waals surface area contributed by atoms with Crippen LogP contribution in [0, 0.1) is 0 Å². The fourth-order valence-corrected chi connectivity index (χ4v) is 1.78. The Morgan fingerprint density at radius 2 is 1.47 bits per heavy atom. The van der Waals surface area contributed by atoms with E-state index in [1.54, 1.807) is 0 Å². The van der Waals surface area contributed by atoms with Gasteiger partial charge in [-0.15, -0.1) is 0 Å². The maximum atomic E-state index is 8.95. The van der Waals surface area contributed by atoms with Gasteiger partial charge >= 0.3 is 0 Å². The second-order valence-corrected chi connectivity index (χ2v) is 4.14. The van der Waals surface area contributed by atoms with Gasteiger partial charge in [0.25, 0.3) is 6.47 Å². The highest BCUT2D eigenvalue weighted by atomic mass is 16.5. The molecule has 0 aliphatic heterocycles. The van der Waals surface area contributed by atoms with Crippen molar-refractivity contribution in [3.8, 4) is 11.1 Å². The fraction of sp³-hybridized carbons (Fsp3) is 0.235. The van der Waals surface area contributed by atoms with E-state index in [9.17, 15) is 0 Å². The van der Waals surface area contributed by atoms with Crippen molar-refractivity contribution in [3.63, 3.8) is 0 Å². The Kier molecular flexibility index (Phi) is 7.03. The average Bonchev–Trinajstić information content (AvgIpc) is 2.49. The van der Waals surface area contributed by atoms with E-state index in [0.717, 1.165) is 0 Å². The lowest BCUT2D eigenvalue weighted by atomic mass is 10.0. The molecule has 0 aliphatic rings. The van der Waals surface area contributed by atoms with Gasteiger partial charge in [-0.25, -0.2) is 0 Å². The summed E-state index contributed by atoms with van der Waals surface area (Å²) in [5.41, 5.74) is 4.02. The molecule has 2 heteroatoms. The zero-order valence-corrected chi connectivity index (χ0v) is 11.5. The quantitative estimate of drug-likeness (QED) is 0.770. The zero-order valence-electron chi connectivity index (χ0n) is 11.5. The fourth-order valence-electron chi connectivity index (χ4n) is 1.78. The third kappa shape index (κ3) is 5.38. The standard InChI is InChI=1S/C15H16.C2H4O2/c1-2-6-13-9-11-15(12-10-13)14-7-4-3-5-8-14;1-4-2-3/h3-5,7-12H,2,6H2,1H3;2H,1H3. The molecule has 2 rings (SSSR count). The van der Waals surface area contributed by atoms with Crippen molar-refractivity contribution in [3.05, 3.63) is 60.2 Å². The molecule has 0 amide bonds. The van der Waals surface area contributed by atoms with E-state index < -0.39 is 0 Å². The van der Waals surface area contributed by atoms with Crippen LogP contribution in [0.15, 0.2) is 54.6 Å². The number of hydrogen-bond acceptors (Lipinski definition) is 2. The van der Waals surface area contributed by atoms with E-state index in [4.69, 9.17) is 4.79 Å². The summed E-state index contributed by atoms with van der Waals surface area (Å²) in [5.74, 6) is 0. The van der Waals surface area contributed by atoms with Crippen LogP contribution >= 0.6 is 0 Å². The topological polar surface area (TPSA) is 26.3 Å². The molecule has 19 heavy (non-hydrogen) atoms. The van der Waals surface area contributed by atoms with E-state index in [1.807, 2.05) is 0 Å². The molecular formula is C17H20O2. The number of carbonyl (C=O) groups excluding carboxylic acids is 1. The van der Waals surface area contributed by atoms with Crippen LogP contribution in [-0.4, -0.2) is 13.6 Å². The van der Waals surface area contributed by atoms with Crippen LogP contribution in [0.4, 0.5) is 0 Å². The second-order valence-electron chi connectivity index (χ2n) is 4.14.